The second-order valence-corrected chi connectivity index (χ2v) is 5.78. The van der Waals surface area contributed by atoms with Gasteiger partial charge in [-0.05, 0) is 18.6 Å². The Kier molecular flexibility index (Phi) is 10.5. The molecule has 0 N–H and O–H groups in total. The number of unbranched alkanes of at least 4 members (excludes halogenated alkanes) is 7. The van der Waals surface area contributed by atoms with E-state index in [-0.39, 0.29) is 5.97 Å². The first-order valence-corrected chi connectivity index (χ1v) is 8.80. The lowest BCUT2D eigenvalue weighted by Crippen LogP contribution is -2.07. The SMILES string of the molecule is CCCCCCCCCCC(=O)OOc1ccc(OC)c(OC)c1. The van der Waals surface area contributed by atoms with Gasteiger partial charge >= 0.3 is 5.97 Å². The number of ether oxygens (including phenoxy) is 2. The molecular formula is C19H30O5. The van der Waals surface area contributed by atoms with E-state index in [1.165, 1.54) is 45.6 Å². The first-order chi connectivity index (χ1) is 11.7. The van der Waals surface area contributed by atoms with E-state index in [2.05, 4.69) is 6.92 Å². The Morgan fingerprint density at radius 2 is 1.50 bits per heavy atom. The first kappa shape index (κ1) is 20.1. The van der Waals surface area contributed by atoms with Crippen molar-refractivity contribution < 1.29 is 24.0 Å². The van der Waals surface area contributed by atoms with Crippen LogP contribution >= 0.6 is 0 Å². The van der Waals surface area contributed by atoms with Gasteiger partial charge in [0, 0.05) is 6.07 Å². The molecule has 0 heterocycles. The average molecular weight is 338 g/mol. The van der Waals surface area contributed by atoms with Gasteiger partial charge in [0.05, 0.1) is 20.6 Å². The molecule has 0 aliphatic carbocycles. The number of benzene rings is 1. The predicted octanol–water partition coefficient (Wildman–Crippen LogP) is 5.07. The van der Waals surface area contributed by atoms with E-state index < -0.39 is 0 Å². The van der Waals surface area contributed by atoms with Crippen molar-refractivity contribution in [2.24, 2.45) is 0 Å². The number of carbonyl (C=O) groups is 1. The van der Waals surface area contributed by atoms with Crippen LogP contribution in [0.4, 0.5) is 0 Å². The highest BCUT2D eigenvalue weighted by molar-refractivity contribution is 5.68. The number of rotatable bonds is 13. The van der Waals surface area contributed by atoms with E-state index in [1.807, 2.05) is 0 Å². The molecule has 0 saturated carbocycles. The summed E-state index contributed by atoms with van der Waals surface area (Å²) in [7, 11) is 3.10. The van der Waals surface area contributed by atoms with Crippen LogP contribution in [0.3, 0.4) is 0 Å². The Morgan fingerprint density at radius 3 is 2.12 bits per heavy atom. The van der Waals surface area contributed by atoms with Crippen LogP contribution in [-0.2, 0) is 9.68 Å². The lowest BCUT2D eigenvalue weighted by Gasteiger charge is -2.09. The van der Waals surface area contributed by atoms with Gasteiger partial charge in [0.25, 0.3) is 0 Å². The normalized spacial score (nSPS) is 10.3. The molecular weight excluding hydrogens is 308 g/mol. The van der Waals surface area contributed by atoms with Crippen molar-refractivity contribution in [3.8, 4) is 17.2 Å². The summed E-state index contributed by atoms with van der Waals surface area (Å²) in [6, 6.07) is 4.97. The minimum atomic E-state index is -0.351. The number of carbonyl (C=O) groups excluding carboxylic acids is 1. The summed E-state index contributed by atoms with van der Waals surface area (Å²) in [4.78, 5) is 21.5. The fourth-order valence-corrected chi connectivity index (χ4v) is 2.41. The van der Waals surface area contributed by atoms with E-state index in [4.69, 9.17) is 19.2 Å². The average Bonchev–Trinajstić information content (AvgIpc) is 2.61. The molecule has 1 rings (SSSR count). The zero-order valence-corrected chi connectivity index (χ0v) is 15.1. The van der Waals surface area contributed by atoms with Crippen molar-refractivity contribution in [3.05, 3.63) is 18.2 Å². The summed E-state index contributed by atoms with van der Waals surface area (Å²) < 4.78 is 10.3. The minimum absolute atomic E-state index is 0.351. The highest BCUT2D eigenvalue weighted by Crippen LogP contribution is 2.30. The van der Waals surface area contributed by atoms with Gasteiger partial charge in [0.1, 0.15) is 0 Å². The van der Waals surface area contributed by atoms with Crippen molar-refractivity contribution in [2.75, 3.05) is 14.2 Å². The zero-order chi connectivity index (χ0) is 17.6. The van der Waals surface area contributed by atoms with Crippen LogP contribution in [0.1, 0.15) is 64.7 Å². The van der Waals surface area contributed by atoms with Crippen molar-refractivity contribution in [1.29, 1.82) is 0 Å². The van der Waals surface area contributed by atoms with Crippen molar-refractivity contribution in [1.82, 2.24) is 0 Å². The fourth-order valence-electron chi connectivity index (χ4n) is 2.41. The third kappa shape index (κ3) is 8.09. The molecule has 0 spiro atoms. The van der Waals surface area contributed by atoms with E-state index in [0.29, 0.717) is 23.7 Å². The third-order valence-electron chi connectivity index (χ3n) is 3.82. The minimum Gasteiger partial charge on any atom is -0.493 e. The number of hydrogen-bond donors (Lipinski definition) is 0. The highest BCUT2D eigenvalue weighted by Gasteiger charge is 2.09. The zero-order valence-electron chi connectivity index (χ0n) is 15.1. The first-order valence-electron chi connectivity index (χ1n) is 8.80. The van der Waals surface area contributed by atoms with Crippen molar-refractivity contribution in [2.45, 2.75) is 64.7 Å². The summed E-state index contributed by atoms with van der Waals surface area (Å²) in [6.45, 7) is 2.22. The van der Waals surface area contributed by atoms with Crippen LogP contribution < -0.4 is 14.4 Å². The lowest BCUT2D eigenvalue weighted by atomic mass is 10.1. The summed E-state index contributed by atoms with van der Waals surface area (Å²) in [5, 5.41) is 0. The molecule has 0 aliphatic heterocycles. The van der Waals surface area contributed by atoms with Crippen molar-refractivity contribution >= 4 is 5.97 Å². The topological polar surface area (TPSA) is 54.0 Å². The molecule has 0 saturated heterocycles. The van der Waals surface area contributed by atoms with Crippen LogP contribution in [0.2, 0.25) is 0 Å². The van der Waals surface area contributed by atoms with Gasteiger partial charge in [-0.15, -0.1) is 0 Å². The Labute approximate surface area is 145 Å². The van der Waals surface area contributed by atoms with Crippen molar-refractivity contribution in [3.63, 3.8) is 0 Å². The Balaban J connectivity index is 2.15. The highest BCUT2D eigenvalue weighted by atomic mass is 17.2. The number of hydrogen-bond acceptors (Lipinski definition) is 5. The molecule has 0 radical (unpaired) electrons. The quantitative estimate of drug-likeness (QED) is 0.285. The van der Waals surface area contributed by atoms with Gasteiger partial charge in [0.2, 0.25) is 0 Å². The van der Waals surface area contributed by atoms with Crippen LogP contribution in [0, 0.1) is 0 Å². The Hall–Kier alpha value is -1.91. The molecule has 5 heteroatoms. The van der Waals surface area contributed by atoms with Gasteiger partial charge in [-0.25, -0.2) is 4.79 Å². The Morgan fingerprint density at radius 1 is 0.875 bits per heavy atom. The van der Waals surface area contributed by atoms with E-state index >= 15 is 0 Å². The van der Waals surface area contributed by atoms with Gasteiger partial charge < -0.3 is 9.47 Å². The maximum Gasteiger partial charge on any atom is 0.355 e. The molecule has 0 atom stereocenters. The summed E-state index contributed by atoms with van der Waals surface area (Å²) in [6.07, 6.45) is 9.89. The largest absolute Gasteiger partial charge is 0.493 e. The third-order valence-corrected chi connectivity index (χ3v) is 3.82. The monoisotopic (exact) mass is 338 g/mol. The lowest BCUT2D eigenvalue weighted by molar-refractivity contribution is -0.213. The molecule has 0 fully saturated rings. The maximum absolute atomic E-state index is 11.7. The number of methoxy groups -OCH3 is 2. The van der Waals surface area contributed by atoms with Gasteiger partial charge in [0.15, 0.2) is 17.2 Å². The molecule has 0 amide bonds. The summed E-state index contributed by atoms with van der Waals surface area (Å²) >= 11 is 0. The summed E-state index contributed by atoms with van der Waals surface area (Å²) in [5.41, 5.74) is 0. The molecule has 0 aromatic heterocycles. The van der Waals surface area contributed by atoms with Gasteiger partial charge in [-0.2, -0.15) is 0 Å². The van der Waals surface area contributed by atoms with E-state index in [9.17, 15) is 4.79 Å². The maximum atomic E-state index is 11.7. The molecule has 5 nitrogen and oxygen atoms in total. The smallest absolute Gasteiger partial charge is 0.355 e. The standard InChI is InChI=1S/C19H30O5/c1-4-5-6-7-8-9-10-11-12-19(20)24-23-16-13-14-17(21-2)18(15-16)22-3/h13-15H,4-12H2,1-3H3. The molecule has 24 heavy (non-hydrogen) atoms. The molecule has 1 aromatic carbocycles. The van der Waals surface area contributed by atoms with Gasteiger partial charge in [-0.3, -0.25) is 9.78 Å². The van der Waals surface area contributed by atoms with Crippen LogP contribution in [0.25, 0.3) is 0 Å². The second-order valence-electron chi connectivity index (χ2n) is 5.78. The van der Waals surface area contributed by atoms with Crippen LogP contribution in [0.5, 0.6) is 17.2 Å². The fraction of sp³-hybridized carbons (Fsp3) is 0.632. The van der Waals surface area contributed by atoms with E-state index in [0.717, 1.165) is 12.8 Å². The molecule has 0 aliphatic rings. The molecule has 136 valence electrons. The molecule has 0 unspecified atom stereocenters. The second kappa shape index (κ2) is 12.5. The molecule has 0 bridgehead atoms. The Bertz CT molecular complexity index is 473. The van der Waals surface area contributed by atoms with Gasteiger partial charge in [-0.1, -0.05) is 51.9 Å². The predicted molar refractivity (Wildman–Crippen MR) is 93.5 cm³/mol. The summed E-state index contributed by atoms with van der Waals surface area (Å²) in [5.74, 6) is 1.16. The molecule has 1 aromatic rings. The van der Waals surface area contributed by atoms with Crippen LogP contribution in [0.15, 0.2) is 18.2 Å². The van der Waals surface area contributed by atoms with Crippen LogP contribution in [-0.4, -0.2) is 20.2 Å². The van der Waals surface area contributed by atoms with E-state index in [1.54, 1.807) is 25.3 Å².